The van der Waals surface area contributed by atoms with E-state index in [4.69, 9.17) is 18.9 Å². The van der Waals surface area contributed by atoms with E-state index < -0.39 is 6.10 Å². The van der Waals surface area contributed by atoms with Crippen LogP contribution in [0.5, 0.6) is 0 Å². The van der Waals surface area contributed by atoms with Crippen molar-refractivity contribution in [2.75, 3.05) is 13.2 Å². The highest BCUT2D eigenvalue weighted by molar-refractivity contribution is 5.50. The second-order valence-electron chi connectivity index (χ2n) is 9.27. The Kier molecular flexibility index (Phi) is 11.0. The maximum atomic E-state index is 11.3. The van der Waals surface area contributed by atoms with E-state index in [0.717, 1.165) is 70.9 Å². The van der Waals surface area contributed by atoms with Crippen molar-refractivity contribution in [1.29, 1.82) is 0 Å². The number of ether oxygens (including phenoxy) is 4. The third-order valence-corrected chi connectivity index (χ3v) is 6.83. The molecule has 178 valence electrons. The molecule has 3 aliphatic rings. The van der Waals surface area contributed by atoms with Crippen molar-refractivity contribution < 1.29 is 28.8 Å². The molecule has 1 N–H and O–H groups in total. The third kappa shape index (κ3) is 7.93. The molecule has 7 unspecified atom stereocenters. The fourth-order valence-electron chi connectivity index (χ4n) is 5.02. The lowest BCUT2D eigenvalue weighted by molar-refractivity contribution is -0.193. The van der Waals surface area contributed by atoms with Crippen LogP contribution in [0.25, 0.3) is 0 Å². The molecule has 6 nitrogen and oxygen atoms in total. The molecule has 3 rings (SSSR count). The largest absolute Gasteiger partial charge is 0.393 e. The maximum absolute atomic E-state index is 11.3. The molecule has 2 aliphatic heterocycles. The second-order valence-corrected chi connectivity index (χ2v) is 9.27. The lowest BCUT2D eigenvalue weighted by atomic mass is 9.90. The Morgan fingerprint density at radius 3 is 2.45 bits per heavy atom. The molecule has 7 atom stereocenters. The number of carbonyl (C=O) groups is 1. The van der Waals surface area contributed by atoms with Crippen LogP contribution in [0.2, 0.25) is 0 Å². The van der Waals surface area contributed by atoms with Gasteiger partial charge < -0.3 is 28.8 Å². The van der Waals surface area contributed by atoms with Crippen molar-refractivity contribution in [2.24, 2.45) is 11.8 Å². The van der Waals surface area contributed by atoms with E-state index in [2.05, 4.69) is 19.1 Å². The monoisotopic (exact) mass is 438 g/mol. The van der Waals surface area contributed by atoms with Gasteiger partial charge >= 0.3 is 0 Å². The molecule has 2 saturated heterocycles. The van der Waals surface area contributed by atoms with Crippen LogP contribution in [0.1, 0.15) is 84.0 Å². The summed E-state index contributed by atoms with van der Waals surface area (Å²) in [7, 11) is 0. The summed E-state index contributed by atoms with van der Waals surface area (Å²) in [6.07, 6.45) is 15.7. The summed E-state index contributed by atoms with van der Waals surface area (Å²) >= 11 is 0. The van der Waals surface area contributed by atoms with E-state index in [-0.39, 0.29) is 36.6 Å². The summed E-state index contributed by atoms with van der Waals surface area (Å²) in [5, 5.41) is 10.6. The smallest absolute Gasteiger partial charge is 0.158 e. The molecular formula is C25H42O6. The Morgan fingerprint density at radius 2 is 1.81 bits per heavy atom. The normalized spacial score (nSPS) is 35.4. The maximum Gasteiger partial charge on any atom is 0.158 e. The van der Waals surface area contributed by atoms with Crippen LogP contribution in [0.4, 0.5) is 0 Å². The summed E-state index contributed by atoms with van der Waals surface area (Å²) < 4.78 is 24.1. The Bertz CT molecular complexity index is 526. The van der Waals surface area contributed by atoms with Gasteiger partial charge in [-0.25, -0.2) is 0 Å². The lowest BCUT2D eigenvalue weighted by Gasteiger charge is -2.29. The number of aliphatic hydroxyl groups excluding tert-OH is 1. The Morgan fingerprint density at radius 1 is 1.06 bits per heavy atom. The summed E-state index contributed by atoms with van der Waals surface area (Å²) in [4.78, 5) is 11.3. The van der Waals surface area contributed by atoms with Crippen molar-refractivity contribution in [3.8, 4) is 0 Å². The van der Waals surface area contributed by atoms with Gasteiger partial charge in [-0.1, -0.05) is 38.3 Å². The molecule has 6 heteroatoms. The predicted octanol–water partition coefficient (Wildman–Crippen LogP) is 4.53. The number of carbonyl (C=O) groups excluding carboxylic acids is 1. The molecule has 0 aromatic rings. The topological polar surface area (TPSA) is 74.2 Å². The van der Waals surface area contributed by atoms with Crippen molar-refractivity contribution >= 4 is 6.29 Å². The number of aliphatic hydroxyl groups is 1. The van der Waals surface area contributed by atoms with Crippen LogP contribution < -0.4 is 0 Å². The lowest BCUT2D eigenvalue weighted by Crippen LogP contribution is -2.31. The summed E-state index contributed by atoms with van der Waals surface area (Å²) in [6, 6.07) is 0. The molecule has 2 heterocycles. The zero-order valence-corrected chi connectivity index (χ0v) is 19.2. The molecule has 0 bridgehead atoms. The highest BCUT2D eigenvalue weighted by atomic mass is 16.7. The molecule has 1 saturated carbocycles. The first-order chi connectivity index (χ1) is 15.2. The summed E-state index contributed by atoms with van der Waals surface area (Å²) in [6.45, 7) is 3.70. The third-order valence-electron chi connectivity index (χ3n) is 6.83. The molecule has 0 radical (unpaired) electrons. The molecule has 0 aromatic heterocycles. The zero-order valence-electron chi connectivity index (χ0n) is 19.2. The first-order valence-corrected chi connectivity index (χ1v) is 12.6. The van der Waals surface area contributed by atoms with E-state index in [0.29, 0.717) is 12.8 Å². The Hall–Kier alpha value is -0.790. The van der Waals surface area contributed by atoms with Gasteiger partial charge in [-0.2, -0.15) is 0 Å². The second kappa shape index (κ2) is 13.7. The van der Waals surface area contributed by atoms with E-state index in [1.54, 1.807) is 0 Å². The van der Waals surface area contributed by atoms with Gasteiger partial charge in [0, 0.05) is 37.9 Å². The average molecular weight is 439 g/mol. The van der Waals surface area contributed by atoms with Crippen LogP contribution in [-0.2, 0) is 23.7 Å². The number of aldehydes is 1. The number of rotatable bonds is 12. The first kappa shape index (κ1) is 24.8. The fourth-order valence-corrected chi connectivity index (χ4v) is 5.02. The van der Waals surface area contributed by atoms with Crippen LogP contribution in [0.3, 0.4) is 0 Å². The summed E-state index contributed by atoms with van der Waals surface area (Å²) in [5.74, 6) is -0.139. The van der Waals surface area contributed by atoms with Crippen LogP contribution in [-0.4, -0.2) is 55.5 Å². The summed E-state index contributed by atoms with van der Waals surface area (Å²) in [5.41, 5.74) is 0. The molecule has 1 aliphatic carbocycles. The standard InChI is InChI=1S/C25H42O6/c1-2-3-4-9-19(30-24-10-5-7-16-28-24)12-13-21-20(14-15-26)22(27)18-23(21)31-25-11-6-8-17-29-25/h12-13,15,19-25,27H,2-11,14,16-18H2,1H3. The van der Waals surface area contributed by atoms with Gasteiger partial charge in [0.25, 0.3) is 0 Å². The number of hydrogen-bond donors (Lipinski definition) is 1. The van der Waals surface area contributed by atoms with Crippen molar-refractivity contribution in [3.63, 3.8) is 0 Å². The van der Waals surface area contributed by atoms with Gasteiger partial charge in [-0.15, -0.1) is 0 Å². The Balaban J connectivity index is 1.66. The quantitative estimate of drug-likeness (QED) is 0.274. The SMILES string of the molecule is CCCCCC(C=CC1C(OC2CCCCO2)CC(O)C1CC=O)OC1CCCCO1. The van der Waals surface area contributed by atoms with E-state index >= 15 is 0 Å². The van der Waals surface area contributed by atoms with Gasteiger partial charge in [-0.05, 0) is 44.9 Å². The van der Waals surface area contributed by atoms with Crippen molar-refractivity contribution in [1.82, 2.24) is 0 Å². The first-order valence-electron chi connectivity index (χ1n) is 12.6. The Labute approximate surface area is 187 Å². The molecule has 31 heavy (non-hydrogen) atoms. The van der Waals surface area contributed by atoms with Gasteiger partial charge in [0.05, 0.1) is 18.3 Å². The van der Waals surface area contributed by atoms with E-state index in [9.17, 15) is 9.90 Å². The van der Waals surface area contributed by atoms with Crippen molar-refractivity contribution in [3.05, 3.63) is 12.2 Å². The molecule has 0 spiro atoms. The highest BCUT2D eigenvalue weighted by Crippen LogP contribution is 2.39. The molecule has 3 fully saturated rings. The van der Waals surface area contributed by atoms with Crippen LogP contribution in [0, 0.1) is 11.8 Å². The van der Waals surface area contributed by atoms with E-state index in [1.165, 1.54) is 12.8 Å². The van der Waals surface area contributed by atoms with Crippen LogP contribution in [0.15, 0.2) is 12.2 Å². The van der Waals surface area contributed by atoms with Gasteiger partial charge in [0.2, 0.25) is 0 Å². The predicted molar refractivity (Wildman–Crippen MR) is 118 cm³/mol. The fraction of sp³-hybridized carbons (Fsp3) is 0.880. The number of hydrogen-bond acceptors (Lipinski definition) is 6. The minimum absolute atomic E-state index is 0.0177. The van der Waals surface area contributed by atoms with Crippen molar-refractivity contribution in [2.45, 2.75) is 115 Å². The van der Waals surface area contributed by atoms with Gasteiger partial charge in [-0.3, -0.25) is 0 Å². The molecular weight excluding hydrogens is 396 g/mol. The van der Waals surface area contributed by atoms with Gasteiger partial charge in [0.15, 0.2) is 12.6 Å². The zero-order chi connectivity index (χ0) is 21.9. The highest BCUT2D eigenvalue weighted by Gasteiger charge is 2.42. The molecule has 0 amide bonds. The average Bonchev–Trinajstić information content (AvgIpc) is 3.07. The number of unbranched alkanes of at least 4 members (excludes halogenated alkanes) is 2. The van der Waals surface area contributed by atoms with Gasteiger partial charge in [0.1, 0.15) is 6.29 Å². The van der Waals surface area contributed by atoms with Crippen LogP contribution >= 0.6 is 0 Å². The van der Waals surface area contributed by atoms with E-state index in [1.807, 2.05) is 0 Å². The molecule has 0 aromatic carbocycles. The minimum Gasteiger partial charge on any atom is -0.393 e. The minimum atomic E-state index is -0.533.